The minimum atomic E-state index is -0.0579. The molecule has 0 saturated heterocycles. The van der Waals surface area contributed by atoms with Gasteiger partial charge in [-0.3, -0.25) is 4.79 Å². The number of hydrogen-bond acceptors (Lipinski definition) is 3. The molecule has 0 spiro atoms. The van der Waals surface area contributed by atoms with Crippen LogP contribution in [0.5, 0.6) is 5.75 Å². The molecule has 0 heterocycles. The Morgan fingerprint density at radius 3 is 2.74 bits per heavy atom. The van der Waals surface area contributed by atoms with Gasteiger partial charge >= 0.3 is 0 Å². The fraction of sp³-hybridized carbons (Fsp3) is 0.0714. The smallest absolute Gasteiger partial charge is 0.234 e. The molecule has 0 fully saturated rings. The van der Waals surface area contributed by atoms with Gasteiger partial charge in [-0.25, -0.2) is 0 Å². The molecular weight excluding hydrogens is 373 g/mol. The summed E-state index contributed by atoms with van der Waals surface area (Å²) in [5.74, 6) is 0.467. The van der Waals surface area contributed by atoms with E-state index in [2.05, 4.69) is 27.9 Å². The maximum Gasteiger partial charge on any atom is 0.234 e. The lowest BCUT2D eigenvalue weighted by Gasteiger charge is -2.07. The molecule has 0 unspecified atom stereocenters. The predicted molar refractivity (Wildman–Crippen MR) is 86.6 cm³/mol. The molecule has 0 aromatic heterocycles. The Bertz CT molecular complexity index is 589. The van der Waals surface area contributed by atoms with Crippen LogP contribution in [0.3, 0.4) is 0 Å². The molecule has 0 atom stereocenters. The first kappa shape index (κ1) is 14.2. The van der Waals surface area contributed by atoms with Crippen molar-refractivity contribution in [2.75, 3.05) is 11.1 Å². The van der Waals surface area contributed by atoms with Gasteiger partial charge in [0, 0.05) is 8.47 Å². The molecule has 2 aromatic rings. The van der Waals surface area contributed by atoms with Crippen LogP contribution in [0.2, 0.25) is 0 Å². The van der Waals surface area contributed by atoms with E-state index in [1.165, 1.54) is 11.8 Å². The Labute approximate surface area is 129 Å². The number of phenols is 1. The molecule has 2 rings (SSSR count). The number of benzene rings is 2. The van der Waals surface area contributed by atoms with Crippen molar-refractivity contribution >= 4 is 45.9 Å². The van der Waals surface area contributed by atoms with Crippen LogP contribution in [0.25, 0.3) is 0 Å². The highest BCUT2D eigenvalue weighted by molar-refractivity contribution is 14.1. The lowest BCUT2D eigenvalue weighted by atomic mass is 10.3. The van der Waals surface area contributed by atoms with Gasteiger partial charge in [-0.15, -0.1) is 11.8 Å². The van der Waals surface area contributed by atoms with Crippen molar-refractivity contribution in [3.8, 4) is 5.75 Å². The number of phenolic OH excluding ortho intramolecular Hbond substituents is 1. The van der Waals surface area contributed by atoms with E-state index >= 15 is 0 Å². The Hall–Kier alpha value is -1.21. The number of halogens is 1. The van der Waals surface area contributed by atoms with Crippen LogP contribution in [0.15, 0.2) is 53.4 Å². The number of aromatic hydroxyl groups is 1. The topological polar surface area (TPSA) is 49.3 Å². The van der Waals surface area contributed by atoms with E-state index in [4.69, 9.17) is 0 Å². The number of anilines is 1. The van der Waals surface area contributed by atoms with E-state index in [0.29, 0.717) is 5.75 Å². The number of hydrogen-bond donors (Lipinski definition) is 2. The fourth-order valence-corrected chi connectivity index (χ4v) is 2.74. The molecule has 3 nitrogen and oxygen atoms in total. The number of carbonyl (C=O) groups is 1. The Balaban J connectivity index is 1.90. The van der Waals surface area contributed by atoms with Gasteiger partial charge in [-0.05, 0) is 52.9 Å². The van der Waals surface area contributed by atoms with Crippen LogP contribution < -0.4 is 5.32 Å². The quantitative estimate of drug-likeness (QED) is 0.623. The summed E-state index contributed by atoms with van der Waals surface area (Å²) in [6.07, 6.45) is 0. The number of nitrogens with one attached hydrogen (secondary N) is 1. The first-order valence-corrected chi connectivity index (χ1v) is 7.68. The highest BCUT2D eigenvalue weighted by Gasteiger charge is 2.06. The molecule has 2 aromatic carbocycles. The molecule has 5 heteroatoms. The summed E-state index contributed by atoms with van der Waals surface area (Å²) in [4.78, 5) is 12.7. The van der Waals surface area contributed by atoms with Crippen molar-refractivity contribution in [1.29, 1.82) is 0 Å². The summed E-state index contributed by atoms with van der Waals surface area (Å²) in [5.41, 5.74) is 0.824. The van der Waals surface area contributed by atoms with E-state index in [1.807, 2.05) is 30.3 Å². The van der Waals surface area contributed by atoms with Crippen LogP contribution in [-0.2, 0) is 4.79 Å². The summed E-state index contributed by atoms with van der Waals surface area (Å²) in [6.45, 7) is 0. The second kappa shape index (κ2) is 6.81. The molecule has 2 N–H and O–H groups in total. The molecule has 0 radical (unpaired) electrons. The molecule has 98 valence electrons. The van der Waals surface area contributed by atoms with Crippen molar-refractivity contribution < 1.29 is 9.90 Å². The summed E-state index contributed by atoms with van der Waals surface area (Å²) >= 11 is 3.58. The number of para-hydroxylation sites is 1. The minimum Gasteiger partial charge on any atom is -0.508 e. The van der Waals surface area contributed by atoms with E-state index in [-0.39, 0.29) is 11.7 Å². The van der Waals surface area contributed by atoms with Gasteiger partial charge in [0.1, 0.15) is 5.75 Å². The molecule has 19 heavy (non-hydrogen) atoms. The zero-order valence-corrected chi connectivity index (χ0v) is 12.9. The minimum absolute atomic E-state index is 0.0579. The first-order valence-electron chi connectivity index (χ1n) is 5.61. The van der Waals surface area contributed by atoms with Gasteiger partial charge in [0.05, 0.1) is 11.4 Å². The number of thioether (sulfide) groups is 1. The fourth-order valence-electron chi connectivity index (χ4n) is 1.47. The maximum absolute atomic E-state index is 11.8. The number of rotatable bonds is 4. The molecule has 0 aliphatic carbocycles. The van der Waals surface area contributed by atoms with Crippen LogP contribution in [0.4, 0.5) is 5.69 Å². The van der Waals surface area contributed by atoms with Crippen LogP contribution in [0, 0.1) is 3.57 Å². The monoisotopic (exact) mass is 385 g/mol. The predicted octanol–water partition coefficient (Wildman–Crippen LogP) is 3.73. The highest BCUT2D eigenvalue weighted by Crippen LogP contribution is 2.23. The van der Waals surface area contributed by atoms with Crippen LogP contribution in [0.1, 0.15) is 0 Å². The summed E-state index contributed by atoms with van der Waals surface area (Å²) in [6, 6.07) is 14.5. The third kappa shape index (κ3) is 4.43. The van der Waals surface area contributed by atoms with Gasteiger partial charge < -0.3 is 10.4 Å². The third-order valence-corrected chi connectivity index (χ3v) is 4.27. The van der Waals surface area contributed by atoms with Crippen molar-refractivity contribution in [2.24, 2.45) is 0 Å². The molecule has 0 aliphatic rings. The van der Waals surface area contributed by atoms with E-state index < -0.39 is 0 Å². The molecule has 0 saturated carbocycles. The normalized spacial score (nSPS) is 10.2. The lowest BCUT2D eigenvalue weighted by molar-refractivity contribution is -0.113. The summed E-state index contributed by atoms with van der Waals surface area (Å²) in [5, 5.41) is 12.2. The Kier molecular flexibility index (Phi) is 5.09. The summed E-state index contributed by atoms with van der Waals surface area (Å²) < 4.78 is 1.01. The van der Waals surface area contributed by atoms with E-state index in [0.717, 1.165) is 14.2 Å². The zero-order valence-electron chi connectivity index (χ0n) is 9.97. The van der Waals surface area contributed by atoms with E-state index in [9.17, 15) is 9.90 Å². The second-order valence-corrected chi connectivity index (χ2v) is 6.02. The van der Waals surface area contributed by atoms with Crippen molar-refractivity contribution in [3.05, 3.63) is 52.1 Å². The van der Waals surface area contributed by atoms with Gasteiger partial charge in [-0.2, -0.15) is 0 Å². The molecule has 1 amide bonds. The second-order valence-electron chi connectivity index (χ2n) is 3.81. The average Bonchev–Trinajstić information content (AvgIpc) is 2.39. The van der Waals surface area contributed by atoms with E-state index in [1.54, 1.807) is 18.2 Å². The van der Waals surface area contributed by atoms with Crippen molar-refractivity contribution in [3.63, 3.8) is 0 Å². The number of carbonyl (C=O) groups excluding carboxylic acids is 1. The van der Waals surface area contributed by atoms with Crippen molar-refractivity contribution in [2.45, 2.75) is 4.90 Å². The standard InChI is InChI=1S/C14H12INO2S/c15-12-6-1-2-7-13(12)16-14(18)9-19-11-5-3-4-10(17)8-11/h1-8,17H,9H2,(H,16,18). The average molecular weight is 385 g/mol. The molecule has 0 aliphatic heterocycles. The zero-order chi connectivity index (χ0) is 13.7. The van der Waals surface area contributed by atoms with Gasteiger partial charge in [0.15, 0.2) is 0 Å². The Morgan fingerprint density at radius 1 is 1.21 bits per heavy atom. The maximum atomic E-state index is 11.8. The first-order chi connectivity index (χ1) is 9.15. The largest absolute Gasteiger partial charge is 0.508 e. The van der Waals surface area contributed by atoms with Crippen molar-refractivity contribution in [1.82, 2.24) is 0 Å². The number of amides is 1. The summed E-state index contributed by atoms with van der Waals surface area (Å²) in [7, 11) is 0. The lowest BCUT2D eigenvalue weighted by Crippen LogP contribution is -2.14. The van der Waals surface area contributed by atoms with Crippen LogP contribution >= 0.6 is 34.4 Å². The highest BCUT2D eigenvalue weighted by atomic mass is 127. The molecule has 0 bridgehead atoms. The van der Waals surface area contributed by atoms with Gasteiger partial charge in [0.2, 0.25) is 5.91 Å². The van der Waals surface area contributed by atoms with Crippen LogP contribution in [-0.4, -0.2) is 16.8 Å². The van der Waals surface area contributed by atoms with Gasteiger partial charge in [-0.1, -0.05) is 18.2 Å². The molecular formula is C14H12INO2S. The SMILES string of the molecule is O=C(CSc1cccc(O)c1)Nc1ccccc1I. The Morgan fingerprint density at radius 2 is 2.00 bits per heavy atom. The third-order valence-electron chi connectivity index (χ3n) is 2.34. The van der Waals surface area contributed by atoms with Gasteiger partial charge in [0.25, 0.3) is 0 Å².